The molecule has 0 spiro atoms. The summed E-state index contributed by atoms with van der Waals surface area (Å²) in [6.45, 7) is 14.9. The van der Waals surface area contributed by atoms with Crippen LogP contribution in [-0.4, -0.2) is 54.6 Å². The number of aliphatic hydroxyl groups is 1. The van der Waals surface area contributed by atoms with E-state index in [1.165, 1.54) is 0 Å². The van der Waals surface area contributed by atoms with Gasteiger partial charge in [-0.15, -0.1) is 0 Å². The Balaban J connectivity index is 2.35. The number of hydrogen-bond acceptors (Lipinski definition) is 7. The molecule has 1 N–H and O–H groups in total. The molecule has 7 nitrogen and oxygen atoms in total. The van der Waals surface area contributed by atoms with Crippen molar-refractivity contribution in [1.29, 1.82) is 0 Å². The van der Waals surface area contributed by atoms with Gasteiger partial charge >= 0.3 is 0 Å². The number of rotatable bonds is 12. The van der Waals surface area contributed by atoms with Crippen LogP contribution in [0.3, 0.4) is 0 Å². The second kappa shape index (κ2) is 11.9. The predicted molar refractivity (Wildman–Crippen MR) is 151 cm³/mol. The molecule has 0 fully saturated rings. The van der Waals surface area contributed by atoms with Gasteiger partial charge in [-0.2, -0.15) is 0 Å². The molecule has 37 heavy (non-hydrogen) atoms. The number of methoxy groups -OCH3 is 5. The first-order valence-electron chi connectivity index (χ1n) is 12.6. The highest BCUT2D eigenvalue weighted by atomic mass is 28.4. The van der Waals surface area contributed by atoms with E-state index in [0.717, 1.165) is 11.1 Å². The summed E-state index contributed by atoms with van der Waals surface area (Å²) >= 11 is 0. The number of benzene rings is 2. The zero-order chi connectivity index (χ0) is 28.2. The van der Waals surface area contributed by atoms with Crippen LogP contribution in [0.25, 0.3) is 0 Å². The molecule has 208 valence electrons. The maximum Gasteiger partial charge on any atom is 0.250 e. The van der Waals surface area contributed by atoms with E-state index >= 15 is 0 Å². The molecule has 0 amide bonds. The Hall–Kier alpha value is -2.58. The molecule has 2 rings (SSSR count). The van der Waals surface area contributed by atoms with Gasteiger partial charge in [0.05, 0.1) is 41.2 Å². The first kappa shape index (κ1) is 30.6. The molecular formula is C29H46O7Si. The molecule has 0 aliphatic rings. The Labute approximate surface area is 224 Å². The van der Waals surface area contributed by atoms with Crippen LogP contribution in [0.2, 0.25) is 18.1 Å². The van der Waals surface area contributed by atoms with Crippen LogP contribution in [0.1, 0.15) is 45.7 Å². The molecule has 2 atom stereocenters. The van der Waals surface area contributed by atoms with Crippen molar-refractivity contribution in [2.75, 3.05) is 35.5 Å². The van der Waals surface area contributed by atoms with E-state index in [4.69, 9.17) is 28.1 Å². The Bertz CT molecular complexity index is 1010. The first-order chi connectivity index (χ1) is 17.1. The van der Waals surface area contributed by atoms with Crippen LogP contribution in [0.15, 0.2) is 24.3 Å². The summed E-state index contributed by atoms with van der Waals surface area (Å²) < 4.78 is 34.5. The lowest BCUT2D eigenvalue weighted by atomic mass is 9.81. The second-order valence-corrected chi connectivity index (χ2v) is 16.1. The molecule has 2 aromatic rings. The lowest BCUT2D eigenvalue weighted by Crippen LogP contribution is -2.44. The molecule has 0 saturated carbocycles. The Morgan fingerprint density at radius 1 is 0.703 bits per heavy atom. The third-order valence-electron chi connectivity index (χ3n) is 7.57. The standard InChI is InChI=1S/C29H46O7Si/c1-19(29(5,30)18-21-16-22(31-6)26(35-10)23(17-21)32-7)13-20-14-24(33-8)27(25(15-20)34-9)36-37(11,12)28(2,3)4/h14-17,19,30H,13,18H2,1-12H3/t19-,29-/m0/s1. The van der Waals surface area contributed by atoms with Gasteiger partial charge in [0.2, 0.25) is 5.75 Å². The van der Waals surface area contributed by atoms with E-state index in [2.05, 4.69) is 33.9 Å². The highest BCUT2D eigenvalue weighted by Gasteiger charge is 2.40. The van der Waals surface area contributed by atoms with Gasteiger partial charge in [-0.25, -0.2) is 0 Å². The summed E-state index contributed by atoms with van der Waals surface area (Å²) in [5, 5.41) is 11.5. The van der Waals surface area contributed by atoms with Gasteiger partial charge in [0.1, 0.15) is 0 Å². The summed E-state index contributed by atoms with van der Waals surface area (Å²) in [7, 11) is 5.91. The van der Waals surface area contributed by atoms with Crippen molar-refractivity contribution in [1.82, 2.24) is 0 Å². The van der Waals surface area contributed by atoms with E-state index in [-0.39, 0.29) is 11.0 Å². The fourth-order valence-corrected chi connectivity index (χ4v) is 4.98. The van der Waals surface area contributed by atoms with E-state index in [0.29, 0.717) is 47.3 Å². The van der Waals surface area contributed by atoms with Gasteiger partial charge in [-0.3, -0.25) is 0 Å². The third-order valence-corrected chi connectivity index (χ3v) is 11.9. The fourth-order valence-electron chi connectivity index (χ4n) is 3.96. The lowest BCUT2D eigenvalue weighted by molar-refractivity contribution is 0.00660. The average molecular weight is 535 g/mol. The normalized spacial score (nSPS) is 14.4. The lowest BCUT2D eigenvalue weighted by Gasteiger charge is -2.37. The van der Waals surface area contributed by atoms with Crippen molar-refractivity contribution in [2.45, 2.75) is 71.2 Å². The van der Waals surface area contributed by atoms with Crippen LogP contribution in [0.4, 0.5) is 0 Å². The molecule has 8 heteroatoms. The third kappa shape index (κ3) is 7.05. The highest BCUT2D eigenvalue weighted by Crippen LogP contribution is 2.45. The van der Waals surface area contributed by atoms with Crippen LogP contribution < -0.4 is 28.1 Å². The van der Waals surface area contributed by atoms with Gasteiger partial charge in [0, 0.05) is 6.42 Å². The van der Waals surface area contributed by atoms with Crippen LogP contribution in [-0.2, 0) is 12.8 Å². The molecular weight excluding hydrogens is 488 g/mol. The average Bonchev–Trinajstić information content (AvgIpc) is 2.82. The minimum atomic E-state index is -2.12. The zero-order valence-corrected chi connectivity index (χ0v) is 25.7. The summed E-state index contributed by atoms with van der Waals surface area (Å²) in [6, 6.07) is 7.72. The molecule has 0 radical (unpaired) electrons. The van der Waals surface area contributed by atoms with Gasteiger partial charge in [0.15, 0.2) is 28.7 Å². The maximum atomic E-state index is 11.5. The monoisotopic (exact) mass is 534 g/mol. The minimum absolute atomic E-state index is 0.0295. The molecule has 0 aliphatic heterocycles. The van der Waals surface area contributed by atoms with Crippen molar-refractivity contribution in [3.05, 3.63) is 35.4 Å². The van der Waals surface area contributed by atoms with Crippen LogP contribution in [0, 0.1) is 5.92 Å². The number of ether oxygens (including phenoxy) is 5. The SMILES string of the molecule is COc1cc(C[C@](C)(O)[C@@H](C)Cc2cc(OC)c(O[Si](C)(C)C(C)(C)C)c(OC)c2)cc(OC)c1OC. The van der Waals surface area contributed by atoms with Crippen molar-refractivity contribution in [3.8, 4) is 34.5 Å². The van der Waals surface area contributed by atoms with Gasteiger partial charge in [-0.1, -0.05) is 27.7 Å². The highest BCUT2D eigenvalue weighted by molar-refractivity contribution is 6.74. The molecule has 0 aromatic heterocycles. The molecule has 0 unspecified atom stereocenters. The topological polar surface area (TPSA) is 75.6 Å². The Kier molecular flexibility index (Phi) is 9.82. The molecule has 0 heterocycles. The summed E-state index contributed by atoms with van der Waals surface area (Å²) in [4.78, 5) is 0. The van der Waals surface area contributed by atoms with Crippen LogP contribution >= 0.6 is 0 Å². The largest absolute Gasteiger partial charge is 0.539 e. The van der Waals surface area contributed by atoms with Gasteiger partial charge in [0.25, 0.3) is 8.32 Å². The van der Waals surface area contributed by atoms with Crippen molar-refractivity contribution in [3.63, 3.8) is 0 Å². The molecule has 0 bridgehead atoms. The second-order valence-electron chi connectivity index (χ2n) is 11.4. The maximum absolute atomic E-state index is 11.5. The van der Waals surface area contributed by atoms with E-state index in [1.54, 1.807) is 35.5 Å². The molecule has 2 aromatic carbocycles. The van der Waals surface area contributed by atoms with Crippen molar-refractivity contribution in [2.24, 2.45) is 5.92 Å². The Morgan fingerprint density at radius 2 is 1.11 bits per heavy atom. The van der Waals surface area contributed by atoms with E-state index < -0.39 is 13.9 Å². The van der Waals surface area contributed by atoms with Crippen molar-refractivity contribution < 1.29 is 33.2 Å². The van der Waals surface area contributed by atoms with Gasteiger partial charge in [-0.05, 0) is 72.8 Å². The Morgan fingerprint density at radius 3 is 1.49 bits per heavy atom. The predicted octanol–water partition coefficient (Wildman–Crippen LogP) is 6.29. The number of hydrogen-bond donors (Lipinski definition) is 1. The van der Waals surface area contributed by atoms with Gasteiger partial charge < -0.3 is 33.2 Å². The molecule has 0 saturated heterocycles. The fraction of sp³-hybridized carbons (Fsp3) is 0.586. The summed E-state index contributed by atoms with van der Waals surface area (Å²) in [6.07, 6.45) is 1.02. The van der Waals surface area contributed by atoms with Crippen molar-refractivity contribution >= 4 is 8.32 Å². The minimum Gasteiger partial charge on any atom is -0.539 e. The zero-order valence-electron chi connectivity index (χ0n) is 24.7. The van der Waals surface area contributed by atoms with E-state index in [1.807, 2.05) is 38.1 Å². The summed E-state index contributed by atoms with van der Waals surface area (Å²) in [5.74, 6) is 3.47. The quantitative estimate of drug-likeness (QED) is 0.321. The molecule has 0 aliphatic carbocycles. The smallest absolute Gasteiger partial charge is 0.250 e. The van der Waals surface area contributed by atoms with Crippen LogP contribution in [0.5, 0.6) is 34.5 Å². The van der Waals surface area contributed by atoms with E-state index in [9.17, 15) is 5.11 Å². The first-order valence-corrected chi connectivity index (χ1v) is 15.5. The summed E-state index contributed by atoms with van der Waals surface area (Å²) in [5.41, 5.74) is 0.870.